The van der Waals surface area contributed by atoms with E-state index >= 15 is 0 Å². The normalized spacial score (nSPS) is 17.7. The van der Waals surface area contributed by atoms with Gasteiger partial charge in [-0.1, -0.05) is 23.8 Å². The molecule has 158 valence electrons. The molecule has 0 radical (unpaired) electrons. The average Bonchev–Trinajstić information content (AvgIpc) is 3.21. The summed E-state index contributed by atoms with van der Waals surface area (Å²) in [5.74, 6) is 0.824. The minimum atomic E-state index is -0.451. The quantitative estimate of drug-likeness (QED) is 0.717. The number of benzene rings is 2. The summed E-state index contributed by atoms with van der Waals surface area (Å²) in [5, 5.41) is 0. The van der Waals surface area contributed by atoms with E-state index in [4.69, 9.17) is 14.2 Å². The molecule has 2 aliphatic heterocycles. The summed E-state index contributed by atoms with van der Waals surface area (Å²) in [6.45, 7) is 7.23. The van der Waals surface area contributed by atoms with Crippen LogP contribution >= 0.6 is 0 Å². The first-order chi connectivity index (χ1) is 14.4. The van der Waals surface area contributed by atoms with Crippen LogP contribution in [0.15, 0.2) is 30.3 Å². The number of fused-ring (bicyclic) bond motifs is 1. The summed E-state index contributed by atoms with van der Waals surface area (Å²) in [5.41, 5.74) is 4.37. The molecule has 2 aromatic rings. The van der Waals surface area contributed by atoms with Gasteiger partial charge in [-0.3, -0.25) is 4.79 Å². The lowest BCUT2D eigenvalue weighted by molar-refractivity contribution is -0.135. The van der Waals surface area contributed by atoms with Gasteiger partial charge in [-0.2, -0.15) is 0 Å². The minimum Gasteiger partial charge on any atom is -0.486 e. The minimum absolute atomic E-state index is 0.0464. The van der Waals surface area contributed by atoms with Crippen molar-refractivity contribution in [1.82, 2.24) is 4.90 Å². The molecule has 0 N–H and O–H groups in total. The average molecular weight is 409 g/mol. The third-order valence-corrected chi connectivity index (χ3v) is 5.73. The van der Waals surface area contributed by atoms with E-state index < -0.39 is 5.97 Å². The van der Waals surface area contributed by atoms with Crippen molar-refractivity contribution in [2.24, 2.45) is 0 Å². The number of hydrogen-bond acceptors (Lipinski definition) is 5. The first-order valence-corrected chi connectivity index (χ1v) is 10.4. The molecule has 2 aliphatic rings. The molecule has 2 heterocycles. The van der Waals surface area contributed by atoms with Gasteiger partial charge in [-0.05, 0) is 62.4 Å². The topological polar surface area (TPSA) is 65.1 Å². The second-order valence-corrected chi connectivity index (χ2v) is 8.00. The van der Waals surface area contributed by atoms with Crippen molar-refractivity contribution >= 4 is 11.9 Å². The number of ether oxygens (including phenoxy) is 3. The van der Waals surface area contributed by atoms with E-state index in [9.17, 15) is 9.59 Å². The second kappa shape index (κ2) is 8.38. The number of amides is 1. The summed E-state index contributed by atoms with van der Waals surface area (Å²) in [4.78, 5) is 27.3. The Labute approximate surface area is 176 Å². The third-order valence-electron chi connectivity index (χ3n) is 5.73. The Bertz CT molecular complexity index is 961. The largest absolute Gasteiger partial charge is 0.486 e. The molecule has 30 heavy (non-hydrogen) atoms. The Morgan fingerprint density at radius 3 is 2.47 bits per heavy atom. The van der Waals surface area contributed by atoms with Crippen LogP contribution in [0.3, 0.4) is 0 Å². The van der Waals surface area contributed by atoms with Gasteiger partial charge in [-0.15, -0.1) is 0 Å². The van der Waals surface area contributed by atoms with Gasteiger partial charge in [0.25, 0.3) is 5.91 Å². The molecule has 0 aromatic heterocycles. The summed E-state index contributed by atoms with van der Waals surface area (Å²) in [7, 11) is 0. The van der Waals surface area contributed by atoms with Crippen molar-refractivity contribution in [2.75, 3.05) is 26.4 Å². The summed E-state index contributed by atoms with van der Waals surface area (Å²) < 4.78 is 16.7. The van der Waals surface area contributed by atoms with Gasteiger partial charge in [0.2, 0.25) is 0 Å². The molecule has 6 heteroatoms. The third kappa shape index (κ3) is 3.99. The zero-order valence-electron chi connectivity index (χ0n) is 17.7. The molecule has 4 rings (SSSR count). The number of rotatable bonds is 4. The Kier molecular flexibility index (Phi) is 5.66. The fourth-order valence-corrected chi connectivity index (χ4v) is 4.46. The van der Waals surface area contributed by atoms with Crippen molar-refractivity contribution in [3.63, 3.8) is 0 Å². The highest BCUT2D eigenvalue weighted by molar-refractivity contribution is 5.94. The molecule has 0 bridgehead atoms. The number of nitrogens with zero attached hydrogens (tertiary/aromatic N) is 1. The van der Waals surface area contributed by atoms with E-state index in [0.717, 1.165) is 46.6 Å². The Hall–Kier alpha value is -3.02. The Morgan fingerprint density at radius 1 is 1.03 bits per heavy atom. The van der Waals surface area contributed by atoms with Crippen LogP contribution in [0.25, 0.3) is 0 Å². The van der Waals surface area contributed by atoms with Gasteiger partial charge >= 0.3 is 5.97 Å². The number of aryl methyl sites for hydroxylation is 3. The van der Waals surface area contributed by atoms with Gasteiger partial charge in [-0.25, -0.2) is 4.79 Å². The Balaban J connectivity index is 1.44. The molecule has 2 aromatic carbocycles. The van der Waals surface area contributed by atoms with Crippen molar-refractivity contribution in [3.05, 3.63) is 58.1 Å². The van der Waals surface area contributed by atoms with Crippen LogP contribution in [0.1, 0.15) is 51.5 Å². The molecule has 1 saturated heterocycles. The summed E-state index contributed by atoms with van der Waals surface area (Å²) in [6.07, 6.45) is 1.78. The fraction of sp³-hybridized carbons (Fsp3) is 0.417. The highest BCUT2D eigenvalue weighted by atomic mass is 16.6. The van der Waals surface area contributed by atoms with Gasteiger partial charge in [0.1, 0.15) is 13.2 Å². The van der Waals surface area contributed by atoms with Crippen LogP contribution in [0.5, 0.6) is 11.5 Å². The van der Waals surface area contributed by atoms with Crippen LogP contribution in [-0.4, -0.2) is 43.1 Å². The molecular formula is C24H27NO5. The maximum Gasteiger partial charge on any atom is 0.339 e. The summed E-state index contributed by atoms with van der Waals surface area (Å²) in [6, 6.07) is 9.68. The van der Waals surface area contributed by atoms with Gasteiger partial charge in [0.05, 0.1) is 11.6 Å². The molecule has 0 spiro atoms. The SMILES string of the molecule is Cc1cc(C)c(C(=O)OCC(=O)N2CCCC2c2ccc3c(c2)OCCO3)c(C)c1. The molecule has 0 aliphatic carbocycles. The highest BCUT2D eigenvalue weighted by Gasteiger charge is 2.31. The first kappa shape index (κ1) is 20.3. The molecule has 6 nitrogen and oxygen atoms in total. The van der Waals surface area contributed by atoms with Crippen LogP contribution in [0.4, 0.5) is 0 Å². The van der Waals surface area contributed by atoms with Crippen LogP contribution in [-0.2, 0) is 9.53 Å². The lowest BCUT2D eigenvalue weighted by atomic mass is 10.00. The summed E-state index contributed by atoms with van der Waals surface area (Å²) >= 11 is 0. The number of carbonyl (C=O) groups excluding carboxylic acids is 2. The monoisotopic (exact) mass is 409 g/mol. The first-order valence-electron chi connectivity index (χ1n) is 10.4. The van der Waals surface area contributed by atoms with Crippen molar-refractivity contribution in [2.45, 2.75) is 39.7 Å². The second-order valence-electron chi connectivity index (χ2n) is 8.00. The molecular weight excluding hydrogens is 382 g/mol. The van der Waals surface area contributed by atoms with Crippen LogP contribution < -0.4 is 9.47 Å². The number of hydrogen-bond donors (Lipinski definition) is 0. The molecule has 1 fully saturated rings. The lowest BCUT2D eigenvalue weighted by Crippen LogP contribution is -2.34. The van der Waals surface area contributed by atoms with E-state index in [1.54, 1.807) is 4.90 Å². The molecule has 1 atom stereocenters. The standard InChI is InChI=1S/C24H27NO5/c1-15-11-16(2)23(17(3)12-15)24(27)30-14-22(26)25-8-4-5-19(25)18-6-7-20-21(13-18)29-10-9-28-20/h6-7,11-13,19H,4-5,8-10,14H2,1-3H3. The van der Waals surface area contributed by atoms with Crippen molar-refractivity contribution < 1.29 is 23.8 Å². The smallest absolute Gasteiger partial charge is 0.339 e. The molecule has 0 saturated carbocycles. The van der Waals surface area contributed by atoms with E-state index in [2.05, 4.69) is 0 Å². The molecule has 1 amide bonds. The maximum atomic E-state index is 12.9. The zero-order valence-corrected chi connectivity index (χ0v) is 17.7. The van der Waals surface area contributed by atoms with E-state index in [1.807, 2.05) is 51.1 Å². The lowest BCUT2D eigenvalue weighted by Gasteiger charge is -2.26. The zero-order chi connectivity index (χ0) is 21.3. The van der Waals surface area contributed by atoms with Gasteiger partial charge < -0.3 is 19.1 Å². The molecule has 1 unspecified atom stereocenters. The number of carbonyl (C=O) groups is 2. The Morgan fingerprint density at radius 2 is 1.73 bits per heavy atom. The number of likely N-dealkylation sites (tertiary alicyclic amines) is 1. The van der Waals surface area contributed by atoms with Gasteiger partial charge in [0.15, 0.2) is 18.1 Å². The van der Waals surface area contributed by atoms with E-state index in [1.165, 1.54) is 0 Å². The van der Waals surface area contributed by atoms with E-state index in [0.29, 0.717) is 25.3 Å². The van der Waals surface area contributed by atoms with Crippen molar-refractivity contribution in [3.8, 4) is 11.5 Å². The fourth-order valence-electron chi connectivity index (χ4n) is 4.46. The predicted octanol–water partition coefficient (Wildman–Crippen LogP) is 3.90. The highest BCUT2D eigenvalue weighted by Crippen LogP contribution is 2.38. The predicted molar refractivity (Wildman–Crippen MR) is 112 cm³/mol. The van der Waals surface area contributed by atoms with Crippen LogP contribution in [0.2, 0.25) is 0 Å². The number of esters is 1. The van der Waals surface area contributed by atoms with E-state index in [-0.39, 0.29) is 18.6 Å². The van der Waals surface area contributed by atoms with Crippen molar-refractivity contribution in [1.29, 1.82) is 0 Å². The van der Waals surface area contributed by atoms with Crippen LogP contribution in [0, 0.1) is 20.8 Å². The maximum absolute atomic E-state index is 12.9. The van der Waals surface area contributed by atoms with Gasteiger partial charge in [0, 0.05) is 6.54 Å².